The Balaban J connectivity index is 1.54. The number of carbonyl (C=O) groups is 1. The van der Waals surface area contributed by atoms with Crippen LogP contribution in [0.4, 0.5) is 0 Å². The number of likely N-dealkylation sites (tertiary alicyclic amines) is 2. The van der Waals surface area contributed by atoms with Crippen molar-refractivity contribution < 1.29 is 4.79 Å². The maximum Gasteiger partial charge on any atom is 0.240 e. The zero-order valence-corrected chi connectivity index (χ0v) is 16.1. The van der Waals surface area contributed by atoms with Crippen LogP contribution in [0.15, 0.2) is 30.6 Å². The van der Waals surface area contributed by atoms with Crippen LogP contribution in [0.3, 0.4) is 0 Å². The van der Waals surface area contributed by atoms with Crippen LogP contribution in [0.25, 0.3) is 0 Å². The minimum Gasteiger partial charge on any atom is -0.341 e. The molecule has 1 aromatic carbocycles. The summed E-state index contributed by atoms with van der Waals surface area (Å²) in [6, 6.07) is 7.83. The predicted molar refractivity (Wildman–Crippen MR) is 102 cm³/mol. The van der Waals surface area contributed by atoms with Crippen LogP contribution < -0.4 is 0 Å². The summed E-state index contributed by atoms with van der Waals surface area (Å²) in [7, 11) is 0. The fraction of sp³-hybridized carbons (Fsp3) is 0.579. The second kappa shape index (κ2) is 8.35. The maximum atomic E-state index is 13.3. The van der Waals surface area contributed by atoms with Crippen molar-refractivity contribution in [3.63, 3.8) is 0 Å². The van der Waals surface area contributed by atoms with Crippen molar-refractivity contribution in [2.45, 2.75) is 50.7 Å². The molecular formula is C19H25ClN6O. The summed E-state index contributed by atoms with van der Waals surface area (Å²) in [5.74, 6) is 0.245. The molecule has 2 aliphatic heterocycles. The SMILES string of the molecule is O=C([C@@H]1C[C@@H](n2cnnn2)CN1Cc1cccc(Cl)c1)N1CCCCCC1. The fourth-order valence-corrected chi connectivity index (χ4v) is 4.42. The number of aromatic nitrogens is 4. The van der Waals surface area contributed by atoms with E-state index in [2.05, 4.69) is 31.4 Å². The molecule has 0 unspecified atom stereocenters. The fourth-order valence-electron chi connectivity index (χ4n) is 4.21. The van der Waals surface area contributed by atoms with Gasteiger partial charge in [-0.3, -0.25) is 9.69 Å². The van der Waals surface area contributed by atoms with E-state index in [4.69, 9.17) is 11.6 Å². The van der Waals surface area contributed by atoms with Gasteiger partial charge in [0.25, 0.3) is 0 Å². The average molecular weight is 389 g/mol. The van der Waals surface area contributed by atoms with Gasteiger partial charge >= 0.3 is 0 Å². The summed E-state index contributed by atoms with van der Waals surface area (Å²) in [5, 5.41) is 12.3. The Morgan fingerprint density at radius 3 is 2.70 bits per heavy atom. The molecule has 0 spiro atoms. The Morgan fingerprint density at radius 2 is 2.00 bits per heavy atom. The Hall–Kier alpha value is -1.99. The summed E-state index contributed by atoms with van der Waals surface area (Å²) >= 11 is 6.15. The molecule has 27 heavy (non-hydrogen) atoms. The first-order valence-electron chi connectivity index (χ1n) is 9.70. The van der Waals surface area contributed by atoms with Gasteiger partial charge in [-0.25, -0.2) is 4.68 Å². The summed E-state index contributed by atoms with van der Waals surface area (Å²) in [6.45, 7) is 3.19. The molecule has 0 radical (unpaired) electrons. The third-order valence-corrected chi connectivity index (χ3v) is 5.83. The molecule has 0 bridgehead atoms. The van der Waals surface area contributed by atoms with Gasteiger partial charge in [-0.15, -0.1) is 5.10 Å². The first kappa shape index (κ1) is 18.4. The summed E-state index contributed by atoms with van der Waals surface area (Å²) in [4.78, 5) is 17.6. The highest BCUT2D eigenvalue weighted by atomic mass is 35.5. The Kier molecular flexibility index (Phi) is 5.69. The lowest BCUT2D eigenvalue weighted by atomic mass is 10.1. The maximum absolute atomic E-state index is 13.3. The van der Waals surface area contributed by atoms with Gasteiger partial charge in [-0.05, 0) is 47.4 Å². The average Bonchev–Trinajstić information content (AvgIpc) is 3.25. The molecule has 8 heteroatoms. The van der Waals surface area contributed by atoms with Crippen molar-refractivity contribution in [1.82, 2.24) is 30.0 Å². The van der Waals surface area contributed by atoms with Crippen molar-refractivity contribution in [2.75, 3.05) is 19.6 Å². The van der Waals surface area contributed by atoms with Crippen LogP contribution in [-0.2, 0) is 11.3 Å². The third kappa shape index (κ3) is 4.30. The van der Waals surface area contributed by atoms with E-state index in [0.717, 1.165) is 49.5 Å². The van der Waals surface area contributed by atoms with E-state index in [1.54, 1.807) is 11.0 Å². The van der Waals surface area contributed by atoms with Crippen LogP contribution in [0, 0.1) is 0 Å². The van der Waals surface area contributed by atoms with Crippen molar-refractivity contribution in [3.05, 3.63) is 41.2 Å². The van der Waals surface area contributed by atoms with Crippen molar-refractivity contribution in [2.24, 2.45) is 0 Å². The van der Waals surface area contributed by atoms with Gasteiger partial charge in [0, 0.05) is 31.2 Å². The number of tetrazole rings is 1. The van der Waals surface area contributed by atoms with E-state index < -0.39 is 0 Å². The lowest BCUT2D eigenvalue weighted by Crippen LogP contribution is -2.45. The van der Waals surface area contributed by atoms with E-state index in [0.29, 0.717) is 6.54 Å². The van der Waals surface area contributed by atoms with Gasteiger partial charge in [-0.2, -0.15) is 0 Å². The topological polar surface area (TPSA) is 67.2 Å². The van der Waals surface area contributed by atoms with Gasteiger partial charge in [0.05, 0.1) is 12.1 Å². The minimum absolute atomic E-state index is 0.111. The highest BCUT2D eigenvalue weighted by molar-refractivity contribution is 6.30. The second-order valence-electron chi connectivity index (χ2n) is 7.49. The lowest BCUT2D eigenvalue weighted by Gasteiger charge is -2.29. The van der Waals surface area contributed by atoms with Gasteiger partial charge in [0.1, 0.15) is 6.33 Å². The van der Waals surface area contributed by atoms with Crippen LogP contribution in [0.1, 0.15) is 43.7 Å². The van der Waals surface area contributed by atoms with E-state index in [1.165, 1.54) is 12.8 Å². The summed E-state index contributed by atoms with van der Waals surface area (Å²) < 4.78 is 1.78. The molecule has 4 rings (SSSR count). The standard InChI is InChI=1S/C19H25ClN6O/c20-16-7-5-6-15(10-16)12-25-13-17(26-14-21-22-23-26)11-18(25)19(27)24-8-3-1-2-4-9-24/h5-7,10,14,17-18H,1-4,8-9,11-13H2/t17-,18+/m1/s1. The van der Waals surface area contributed by atoms with E-state index in [1.807, 2.05) is 18.2 Å². The predicted octanol–water partition coefficient (Wildman–Crippen LogP) is 2.54. The number of benzene rings is 1. The minimum atomic E-state index is -0.142. The normalized spacial score (nSPS) is 24.1. The molecule has 2 saturated heterocycles. The monoisotopic (exact) mass is 388 g/mol. The molecule has 0 aliphatic carbocycles. The quantitative estimate of drug-likeness (QED) is 0.805. The van der Waals surface area contributed by atoms with E-state index in [-0.39, 0.29) is 18.0 Å². The lowest BCUT2D eigenvalue weighted by molar-refractivity contribution is -0.136. The molecule has 0 saturated carbocycles. The molecule has 2 atom stereocenters. The first-order valence-corrected chi connectivity index (χ1v) is 10.1. The Morgan fingerprint density at radius 1 is 1.19 bits per heavy atom. The molecule has 144 valence electrons. The summed E-state index contributed by atoms with van der Waals surface area (Å²) in [6.07, 6.45) is 7.01. The molecule has 2 fully saturated rings. The molecule has 3 heterocycles. The van der Waals surface area contributed by atoms with E-state index >= 15 is 0 Å². The smallest absolute Gasteiger partial charge is 0.240 e. The molecule has 2 aliphatic rings. The molecule has 1 aromatic heterocycles. The highest BCUT2D eigenvalue weighted by Crippen LogP contribution is 2.30. The molecule has 1 amide bonds. The zero-order valence-electron chi connectivity index (χ0n) is 15.4. The number of halogens is 1. The van der Waals surface area contributed by atoms with Gasteiger partial charge in [0.2, 0.25) is 5.91 Å². The number of hydrogen-bond acceptors (Lipinski definition) is 5. The van der Waals surface area contributed by atoms with Crippen molar-refractivity contribution in [1.29, 1.82) is 0 Å². The van der Waals surface area contributed by atoms with Crippen molar-refractivity contribution in [3.8, 4) is 0 Å². The third-order valence-electron chi connectivity index (χ3n) is 5.60. The molecule has 0 N–H and O–H groups in total. The number of rotatable bonds is 4. The number of nitrogens with zero attached hydrogens (tertiary/aromatic N) is 6. The molecule has 7 nitrogen and oxygen atoms in total. The van der Waals surface area contributed by atoms with Crippen LogP contribution in [0.2, 0.25) is 5.02 Å². The van der Waals surface area contributed by atoms with Gasteiger partial charge in [-0.1, -0.05) is 36.6 Å². The summed E-state index contributed by atoms with van der Waals surface area (Å²) in [5.41, 5.74) is 1.12. The number of hydrogen-bond donors (Lipinski definition) is 0. The first-order chi connectivity index (χ1) is 13.2. The van der Waals surface area contributed by atoms with E-state index in [9.17, 15) is 4.79 Å². The largest absolute Gasteiger partial charge is 0.341 e. The molecular weight excluding hydrogens is 364 g/mol. The Bertz CT molecular complexity index is 759. The van der Waals surface area contributed by atoms with Crippen LogP contribution in [-0.4, -0.2) is 61.6 Å². The number of amides is 1. The van der Waals surface area contributed by atoms with Crippen LogP contribution in [0.5, 0.6) is 0 Å². The molecule has 2 aromatic rings. The van der Waals surface area contributed by atoms with Crippen LogP contribution >= 0.6 is 11.6 Å². The van der Waals surface area contributed by atoms with Gasteiger partial charge < -0.3 is 4.90 Å². The number of carbonyl (C=O) groups excluding carboxylic acids is 1. The van der Waals surface area contributed by atoms with Crippen molar-refractivity contribution >= 4 is 17.5 Å². The highest BCUT2D eigenvalue weighted by Gasteiger charge is 2.40. The Labute approximate surface area is 164 Å². The second-order valence-corrected chi connectivity index (χ2v) is 7.93. The van der Waals surface area contributed by atoms with Gasteiger partial charge in [0.15, 0.2) is 0 Å². The zero-order chi connectivity index (χ0) is 18.6.